The molecule has 0 aromatic heterocycles. The van der Waals surface area contributed by atoms with Gasteiger partial charge in [-0.25, -0.2) is 0 Å². The monoisotopic (exact) mass is 248 g/mol. The predicted molar refractivity (Wildman–Crippen MR) is 80.6 cm³/mol. The first-order chi connectivity index (χ1) is 9.45. The molecule has 4 rings (SSSR count). The smallest absolute Gasteiger partial charge is 0.00529 e. The van der Waals surface area contributed by atoms with Crippen molar-refractivity contribution in [3.63, 3.8) is 0 Å². The van der Waals surface area contributed by atoms with Gasteiger partial charge in [0.25, 0.3) is 0 Å². The molecular formula is C19H20. The molecule has 0 heteroatoms. The minimum absolute atomic E-state index is 0.720. The average molecular weight is 248 g/mol. The van der Waals surface area contributed by atoms with Crippen molar-refractivity contribution in [3.05, 3.63) is 71.4 Å². The van der Waals surface area contributed by atoms with Crippen LogP contribution >= 0.6 is 0 Å². The number of hydrogen-bond acceptors (Lipinski definition) is 0. The van der Waals surface area contributed by atoms with Gasteiger partial charge in [0, 0.05) is 0 Å². The molecule has 4 aliphatic carbocycles. The van der Waals surface area contributed by atoms with Gasteiger partial charge in [-0.2, -0.15) is 0 Å². The minimum atomic E-state index is 0.720. The maximum atomic E-state index is 2.50. The van der Waals surface area contributed by atoms with E-state index < -0.39 is 0 Å². The lowest BCUT2D eigenvalue weighted by Crippen LogP contribution is -2.18. The number of rotatable bonds is 0. The van der Waals surface area contributed by atoms with Crippen LogP contribution in [0.1, 0.15) is 25.7 Å². The minimum Gasteiger partial charge on any atom is -0.0882 e. The Hall–Kier alpha value is -1.56. The normalized spacial score (nSPS) is 35.4. The highest BCUT2D eigenvalue weighted by Crippen LogP contribution is 2.52. The molecule has 0 aliphatic heterocycles. The van der Waals surface area contributed by atoms with Crippen LogP contribution in [0.2, 0.25) is 0 Å². The van der Waals surface area contributed by atoms with E-state index >= 15 is 0 Å². The topological polar surface area (TPSA) is 0 Å². The maximum Gasteiger partial charge on any atom is -0.00529 e. The Bertz CT molecular complexity index is 563. The van der Waals surface area contributed by atoms with Gasteiger partial charge in [-0.15, -0.1) is 0 Å². The first-order valence-corrected chi connectivity index (χ1v) is 7.55. The van der Waals surface area contributed by atoms with E-state index in [0.29, 0.717) is 0 Å². The molecule has 0 spiro atoms. The number of allylic oxidation sites excluding steroid dienone is 12. The molecule has 0 saturated heterocycles. The van der Waals surface area contributed by atoms with Crippen LogP contribution in [-0.4, -0.2) is 0 Å². The Kier molecular flexibility index (Phi) is 2.69. The molecule has 0 amide bonds. The van der Waals surface area contributed by atoms with Crippen molar-refractivity contribution in [3.8, 4) is 0 Å². The molecular weight excluding hydrogens is 228 g/mol. The summed E-state index contributed by atoms with van der Waals surface area (Å²) in [4.78, 5) is 0. The van der Waals surface area contributed by atoms with E-state index in [2.05, 4.69) is 54.7 Å². The number of fused-ring (bicyclic) bond motifs is 3. The Balaban J connectivity index is 1.89. The van der Waals surface area contributed by atoms with Gasteiger partial charge in [0.2, 0.25) is 0 Å². The Labute approximate surface area is 115 Å². The van der Waals surface area contributed by atoms with Gasteiger partial charge in [0.15, 0.2) is 0 Å². The first-order valence-electron chi connectivity index (χ1n) is 7.55. The molecule has 19 heavy (non-hydrogen) atoms. The van der Waals surface area contributed by atoms with Crippen LogP contribution in [0.5, 0.6) is 0 Å². The van der Waals surface area contributed by atoms with Crippen molar-refractivity contribution < 1.29 is 0 Å². The third-order valence-corrected chi connectivity index (χ3v) is 5.05. The van der Waals surface area contributed by atoms with E-state index in [-0.39, 0.29) is 0 Å². The zero-order valence-electron chi connectivity index (χ0n) is 11.3. The lowest BCUT2D eigenvalue weighted by atomic mass is 9.78. The zero-order chi connectivity index (χ0) is 12.7. The number of hydrogen-bond donors (Lipinski definition) is 0. The highest BCUT2D eigenvalue weighted by molar-refractivity contribution is 5.53. The second-order valence-electron chi connectivity index (χ2n) is 6.01. The summed E-state index contributed by atoms with van der Waals surface area (Å²) in [6, 6.07) is 0. The van der Waals surface area contributed by atoms with Gasteiger partial charge >= 0.3 is 0 Å². The van der Waals surface area contributed by atoms with Crippen molar-refractivity contribution >= 4 is 0 Å². The second-order valence-corrected chi connectivity index (χ2v) is 6.01. The summed E-state index contributed by atoms with van der Waals surface area (Å²) in [5, 5.41) is 0. The van der Waals surface area contributed by atoms with Crippen molar-refractivity contribution in [2.24, 2.45) is 17.8 Å². The van der Waals surface area contributed by atoms with Crippen LogP contribution in [0, 0.1) is 17.8 Å². The first kappa shape index (κ1) is 11.3. The summed E-state index contributed by atoms with van der Waals surface area (Å²) in [7, 11) is 0. The molecule has 0 aromatic carbocycles. The summed E-state index contributed by atoms with van der Waals surface area (Å²) in [5.74, 6) is 2.23. The summed E-state index contributed by atoms with van der Waals surface area (Å²) in [6.45, 7) is 0. The Morgan fingerprint density at radius 3 is 2.95 bits per heavy atom. The molecule has 3 atom stereocenters. The van der Waals surface area contributed by atoms with Crippen molar-refractivity contribution in [2.45, 2.75) is 25.7 Å². The predicted octanol–water partition coefficient (Wildman–Crippen LogP) is 4.90. The van der Waals surface area contributed by atoms with Crippen molar-refractivity contribution in [2.75, 3.05) is 0 Å². The van der Waals surface area contributed by atoms with Gasteiger partial charge in [0.05, 0.1) is 0 Å². The van der Waals surface area contributed by atoms with E-state index in [4.69, 9.17) is 0 Å². The Morgan fingerprint density at radius 2 is 1.95 bits per heavy atom. The van der Waals surface area contributed by atoms with E-state index in [9.17, 15) is 0 Å². The molecule has 0 heterocycles. The van der Waals surface area contributed by atoms with E-state index in [1.165, 1.54) is 19.3 Å². The molecule has 0 saturated carbocycles. The molecule has 0 bridgehead atoms. The van der Waals surface area contributed by atoms with Crippen molar-refractivity contribution in [1.82, 2.24) is 0 Å². The molecule has 0 nitrogen and oxygen atoms in total. The molecule has 4 aliphatic rings. The molecule has 96 valence electrons. The summed E-state index contributed by atoms with van der Waals surface area (Å²) in [5.41, 5.74) is 4.86. The van der Waals surface area contributed by atoms with Crippen LogP contribution in [0.4, 0.5) is 0 Å². The molecule has 3 unspecified atom stereocenters. The fourth-order valence-corrected chi connectivity index (χ4v) is 4.27. The molecule has 0 radical (unpaired) electrons. The molecule has 0 fully saturated rings. The fraction of sp³-hybridized carbons (Fsp3) is 0.368. The molecule has 0 N–H and O–H groups in total. The van der Waals surface area contributed by atoms with Gasteiger partial charge < -0.3 is 0 Å². The van der Waals surface area contributed by atoms with Crippen LogP contribution in [0.25, 0.3) is 0 Å². The highest BCUT2D eigenvalue weighted by atomic mass is 14.4. The highest BCUT2D eigenvalue weighted by Gasteiger charge is 2.41. The van der Waals surface area contributed by atoms with Crippen molar-refractivity contribution in [1.29, 1.82) is 0 Å². The van der Waals surface area contributed by atoms with Crippen LogP contribution in [-0.2, 0) is 0 Å². The quantitative estimate of drug-likeness (QED) is 0.535. The zero-order valence-corrected chi connectivity index (χ0v) is 11.3. The summed E-state index contributed by atoms with van der Waals surface area (Å²) < 4.78 is 0. The lowest BCUT2D eigenvalue weighted by Gasteiger charge is -2.26. The third-order valence-electron chi connectivity index (χ3n) is 5.05. The summed E-state index contributed by atoms with van der Waals surface area (Å²) >= 11 is 0. The van der Waals surface area contributed by atoms with E-state index in [1.807, 2.05) is 0 Å². The van der Waals surface area contributed by atoms with Crippen LogP contribution in [0.15, 0.2) is 71.4 Å². The fourth-order valence-electron chi connectivity index (χ4n) is 4.27. The summed E-state index contributed by atoms with van der Waals surface area (Å²) in [6.07, 6.45) is 25.9. The second kappa shape index (κ2) is 4.52. The van der Waals surface area contributed by atoms with Gasteiger partial charge in [-0.05, 0) is 60.2 Å². The largest absolute Gasteiger partial charge is 0.0882 e. The van der Waals surface area contributed by atoms with E-state index in [1.54, 1.807) is 16.7 Å². The SMILES string of the molecule is C1=CC=C2CC=CCC3C2=C(C=C1)C1CCC=CC13. The molecule has 0 aromatic rings. The Morgan fingerprint density at radius 1 is 0.947 bits per heavy atom. The van der Waals surface area contributed by atoms with Crippen LogP contribution < -0.4 is 0 Å². The van der Waals surface area contributed by atoms with E-state index in [0.717, 1.165) is 24.2 Å². The van der Waals surface area contributed by atoms with Gasteiger partial charge in [-0.3, -0.25) is 0 Å². The lowest BCUT2D eigenvalue weighted by molar-refractivity contribution is 0.366. The van der Waals surface area contributed by atoms with Gasteiger partial charge in [-0.1, -0.05) is 54.7 Å². The van der Waals surface area contributed by atoms with Crippen LogP contribution in [0.3, 0.4) is 0 Å². The standard InChI is InChI=1S/C19H20/c1-2-8-14-9-4-5-13-18-16-11-7-6-10-15(16)17(12-3-1)19(14)18/h1-5,7-8,11-12,15-16,18H,6,9-10,13H2. The third kappa shape index (κ3) is 1.74. The maximum absolute atomic E-state index is 2.50. The average Bonchev–Trinajstić information content (AvgIpc) is 2.58. The van der Waals surface area contributed by atoms with Gasteiger partial charge in [0.1, 0.15) is 0 Å².